The molecular formula is C10H19NO. The lowest BCUT2D eigenvalue weighted by atomic mass is 9.91. The lowest BCUT2D eigenvalue weighted by Crippen LogP contribution is -2.43. The summed E-state index contributed by atoms with van der Waals surface area (Å²) >= 11 is 0. The van der Waals surface area contributed by atoms with Crippen LogP contribution in [0.25, 0.3) is 0 Å². The molecule has 0 radical (unpaired) electrons. The molecule has 0 saturated heterocycles. The van der Waals surface area contributed by atoms with Crippen molar-refractivity contribution in [2.75, 3.05) is 0 Å². The number of nitrogens with one attached hydrogen (secondary N) is 1. The van der Waals surface area contributed by atoms with E-state index < -0.39 is 0 Å². The highest BCUT2D eigenvalue weighted by atomic mass is 16.1. The van der Waals surface area contributed by atoms with Gasteiger partial charge in [-0.3, -0.25) is 4.79 Å². The number of amides is 1. The van der Waals surface area contributed by atoms with Crippen molar-refractivity contribution in [2.24, 2.45) is 11.8 Å². The standard InChI is InChI=1S/C10H19NO/c1-7(2)8(3)10(12)11-9-5-4-6-9/h7-9H,4-6H2,1-3H3,(H,11,12)/t8-/m0/s1. The summed E-state index contributed by atoms with van der Waals surface area (Å²) in [5, 5.41) is 3.06. The topological polar surface area (TPSA) is 29.1 Å². The lowest BCUT2D eigenvalue weighted by Gasteiger charge is -2.28. The summed E-state index contributed by atoms with van der Waals surface area (Å²) in [5.74, 6) is 0.838. The Morgan fingerprint density at radius 3 is 2.25 bits per heavy atom. The molecule has 1 aliphatic rings. The van der Waals surface area contributed by atoms with Gasteiger partial charge < -0.3 is 5.32 Å². The zero-order chi connectivity index (χ0) is 9.14. The van der Waals surface area contributed by atoms with Crippen molar-refractivity contribution in [2.45, 2.75) is 46.1 Å². The van der Waals surface area contributed by atoms with Gasteiger partial charge in [0.2, 0.25) is 5.91 Å². The van der Waals surface area contributed by atoms with Crippen LogP contribution in [0.2, 0.25) is 0 Å². The number of carbonyl (C=O) groups excluding carboxylic acids is 1. The molecule has 0 bridgehead atoms. The van der Waals surface area contributed by atoms with Crippen LogP contribution >= 0.6 is 0 Å². The zero-order valence-corrected chi connectivity index (χ0v) is 8.26. The molecule has 2 nitrogen and oxygen atoms in total. The summed E-state index contributed by atoms with van der Waals surface area (Å²) in [7, 11) is 0. The van der Waals surface area contributed by atoms with Crippen molar-refractivity contribution < 1.29 is 4.79 Å². The molecule has 1 N–H and O–H groups in total. The summed E-state index contributed by atoms with van der Waals surface area (Å²) in [6, 6.07) is 0.485. The van der Waals surface area contributed by atoms with Gasteiger partial charge in [0.05, 0.1) is 0 Å². The van der Waals surface area contributed by atoms with Gasteiger partial charge in [-0.05, 0) is 25.2 Å². The molecule has 1 rings (SSSR count). The first kappa shape index (κ1) is 9.56. The minimum atomic E-state index is 0.158. The predicted octanol–water partition coefficient (Wildman–Crippen LogP) is 1.95. The van der Waals surface area contributed by atoms with Gasteiger partial charge in [-0.1, -0.05) is 20.8 Å². The Hall–Kier alpha value is -0.530. The Bertz CT molecular complexity index is 161. The van der Waals surface area contributed by atoms with Crippen LogP contribution in [0.15, 0.2) is 0 Å². The molecule has 0 spiro atoms. The third-order valence-electron chi connectivity index (χ3n) is 2.87. The second-order valence-electron chi connectivity index (χ2n) is 4.17. The van der Waals surface area contributed by atoms with E-state index in [-0.39, 0.29) is 11.8 Å². The average Bonchev–Trinajstić information content (AvgIpc) is 1.94. The quantitative estimate of drug-likeness (QED) is 0.687. The molecule has 0 aromatic rings. The minimum absolute atomic E-state index is 0.158. The molecule has 0 heterocycles. The van der Waals surface area contributed by atoms with E-state index in [2.05, 4.69) is 19.2 Å². The fraction of sp³-hybridized carbons (Fsp3) is 0.900. The van der Waals surface area contributed by atoms with Crippen LogP contribution in [0.3, 0.4) is 0 Å². The monoisotopic (exact) mass is 169 g/mol. The molecule has 70 valence electrons. The van der Waals surface area contributed by atoms with Gasteiger partial charge >= 0.3 is 0 Å². The van der Waals surface area contributed by atoms with Crippen LogP contribution in [0.4, 0.5) is 0 Å². The molecule has 0 aliphatic heterocycles. The normalized spacial score (nSPS) is 20.3. The van der Waals surface area contributed by atoms with Crippen molar-refractivity contribution in [1.29, 1.82) is 0 Å². The Morgan fingerprint density at radius 1 is 1.33 bits per heavy atom. The SMILES string of the molecule is CC(C)[C@H](C)C(=O)NC1CCC1. The molecule has 0 aromatic heterocycles. The molecular weight excluding hydrogens is 150 g/mol. The van der Waals surface area contributed by atoms with E-state index in [4.69, 9.17) is 0 Å². The minimum Gasteiger partial charge on any atom is -0.353 e. The van der Waals surface area contributed by atoms with E-state index in [1.165, 1.54) is 19.3 Å². The maximum Gasteiger partial charge on any atom is 0.223 e. The van der Waals surface area contributed by atoms with E-state index >= 15 is 0 Å². The molecule has 12 heavy (non-hydrogen) atoms. The van der Waals surface area contributed by atoms with Gasteiger partial charge in [-0.15, -0.1) is 0 Å². The third kappa shape index (κ3) is 2.23. The number of hydrogen-bond acceptors (Lipinski definition) is 1. The molecule has 0 aromatic carbocycles. The first-order valence-corrected chi connectivity index (χ1v) is 4.91. The van der Waals surface area contributed by atoms with Crippen molar-refractivity contribution in [3.8, 4) is 0 Å². The van der Waals surface area contributed by atoms with Crippen molar-refractivity contribution in [3.05, 3.63) is 0 Å². The highest BCUT2D eigenvalue weighted by Crippen LogP contribution is 2.19. The lowest BCUT2D eigenvalue weighted by molar-refractivity contribution is -0.126. The van der Waals surface area contributed by atoms with Crippen LogP contribution < -0.4 is 5.32 Å². The highest BCUT2D eigenvalue weighted by Gasteiger charge is 2.23. The third-order valence-corrected chi connectivity index (χ3v) is 2.87. The fourth-order valence-electron chi connectivity index (χ4n) is 1.19. The fourth-order valence-corrected chi connectivity index (χ4v) is 1.19. The van der Waals surface area contributed by atoms with Crippen molar-refractivity contribution >= 4 is 5.91 Å². The van der Waals surface area contributed by atoms with Gasteiger partial charge in [0.1, 0.15) is 0 Å². The van der Waals surface area contributed by atoms with Crippen LogP contribution in [0.5, 0.6) is 0 Å². The molecule has 1 atom stereocenters. The largest absolute Gasteiger partial charge is 0.353 e. The summed E-state index contributed by atoms with van der Waals surface area (Å²) in [5.41, 5.74) is 0. The zero-order valence-electron chi connectivity index (χ0n) is 8.26. The van der Waals surface area contributed by atoms with E-state index in [0.29, 0.717) is 12.0 Å². The summed E-state index contributed by atoms with van der Waals surface area (Å²) in [6.45, 7) is 6.18. The smallest absolute Gasteiger partial charge is 0.223 e. The maximum atomic E-state index is 11.5. The summed E-state index contributed by atoms with van der Waals surface area (Å²) in [4.78, 5) is 11.5. The second kappa shape index (κ2) is 3.92. The van der Waals surface area contributed by atoms with Crippen molar-refractivity contribution in [1.82, 2.24) is 5.32 Å². The van der Waals surface area contributed by atoms with E-state index in [0.717, 1.165) is 0 Å². The molecule has 1 amide bonds. The van der Waals surface area contributed by atoms with Crippen LogP contribution in [-0.2, 0) is 4.79 Å². The summed E-state index contributed by atoms with van der Waals surface area (Å²) in [6.07, 6.45) is 3.63. The summed E-state index contributed by atoms with van der Waals surface area (Å²) < 4.78 is 0. The van der Waals surface area contributed by atoms with Gasteiger partial charge in [0.15, 0.2) is 0 Å². The average molecular weight is 169 g/mol. The molecule has 2 heteroatoms. The maximum absolute atomic E-state index is 11.5. The van der Waals surface area contributed by atoms with Gasteiger partial charge in [0.25, 0.3) is 0 Å². The Balaban J connectivity index is 2.26. The molecule has 0 unspecified atom stereocenters. The van der Waals surface area contributed by atoms with Crippen LogP contribution in [0.1, 0.15) is 40.0 Å². The first-order chi connectivity index (χ1) is 5.61. The van der Waals surface area contributed by atoms with Gasteiger partial charge in [-0.2, -0.15) is 0 Å². The second-order valence-corrected chi connectivity index (χ2v) is 4.17. The van der Waals surface area contributed by atoms with Gasteiger partial charge in [-0.25, -0.2) is 0 Å². The molecule has 1 fully saturated rings. The Morgan fingerprint density at radius 2 is 1.92 bits per heavy atom. The van der Waals surface area contributed by atoms with E-state index in [9.17, 15) is 4.79 Å². The van der Waals surface area contributed by atoms with Crippen LogP contribution in [0, 0.1) is 11.8 Å². The van der Waals surface area contributed by atoms with Crippen LogP contribution in [-0.4, -0.2) is 11.9 Å². The van der Waals surface area contributed by atoms with Gasteiger partial charge in [0, 0.05) is 12.0 Å². The Labute approximate surface area is 74.7 Å². The van der Waals surface area contributed by atoms with E-state index in [1.807, 2.05) is 6.92 Å². The molecule has 1 aliphatic carbocycles. The first-order valence-electron chi connectivity index (χ1n) is 4.91. The number of carbonyl (C=O) groups is 1. The van der Waals surface area contributed by atoms with E-state index in [1.54, 1.807) is 0 Å². The Kier molecular flexibility index (Phi) is 3.12. The highest BCUT2D eigenvalue weighted by molar-refractivity contribution is 5.78. The molecule has 1 saturated carbocycles. The number of hydrogen-bond donors (Lipinski definition) is 1. The van der Waals surface area contributed by atoms with Crippen molar-refractivity contribution in [3.63, 3.8) is 0 Å². The number of rotatable bonds is 3. The predicted molar refractivity (Wildman–Crippen MR) is 49.8 cm³/mol.